The van der Waals surface area contributed by atoms with Crippen molar-refractivity contribution in [2.75, 3.05) is 23.7 Å². The van der Waals surface area contributed by atoms with E-state index < -0.39 is 0 Å². The van der Waals surface area contributed by atoms with Crippen LogP contribution in [0, 0.1) is 0 Å². The molecule has 90 valence electrons. The van der Waals surface area contributed by atoms with E-state index >= 15 is 0 Å². The van der Waals surface area contributed by atoms with Crippen molar-refractivity contribution >= 4 is 11.8 Å². The molecule has 0 bridgehead atoms. The molecule has 0 aliphatic heterocycles. The summed E-state index contributed by atoms with van der Waals surface area (Å²) in [7, 11) is 0. The molecule has 2 aromatic heterocycles. The molecule has 0 aliphatic rings. The Morgan fingerprint density at radius 1 is 1.29 bits per heavy atom. The van der Waals surface area contributed by atoms with Crippen LogP contribution in [0.5, 0.6) is 0 Å². The maximum atomic E-state index is 4.32. The monoisotopic (exact) mass is 232 g/mol. The van der Waals surface area contributed by atoms with Gasteiger partial charge in [-0.2, -0.15) is 4.98 Å². The van der Waals surface area contributed by atoms with Gasteiger partial charge in [0, 0.05) is 38.2 Å². The second kappa shape index (κ2) is 5.83. The van der Waals surface area contributed by atoms with Crippen LogP contribution in [0.2, 0.25) is 0 Å². The number of hydrogen-bond acceptors (Lipinski definition) is 5. The number of anilines is 2. The molecule has 2 rings (SSSR count). The molecule has 2 heterocycles. The lowest BCUT2D eigenvalue weighted by Gasteiger charge is -2.07. The highest BCUT2D eigenvalue weighted by Crippen LogP contribution is 2.04. The van der Waals surface area contributed by atoms with Crippen LogP contribution in [0.15, 0.2) is 31.0 Å². The molecule has 0 spiro atoms. The molecule has 0 unspecified atom stereocenters. The number of nitrogens with zero attached hydrogens (tertiary/aromatic N) is 4. The second-order valence-corrected chi connectivity index (χ2v) is 3.52. The summed E-state index contributed by atoms with van der Waals surface area (Å²) in [5.74, 6) is 1.48. The predicted octanol–water partition coefficient (Wildman–Crippen LogP) is 1.22. The summed E-state index contributed by atoms with van der Waals surface area (Å²) in [5, 5.41) is 6.32. The van der Waals surface area contributed by atoms with Gasteiger partial charge in [-0.05, 0) is 13.0 Å². The van der Waals surface area contributed by atoms with E-state index in [1.165, 1.54) is 0 Å². The average Bonchev–Trinajstić information content (AvgIpc) is 2.83. The molecule has 17 heavy (non-hydrogen) atoms. The fourth-order valence-corrected chi connectivity index (χ4v) is 1.43. The van der Waals surface area contributed by atoms with Gasteiger partial charge in [0.15, 0.2) is 0 Å². The molecule has 0 fully saturated rings. The molecule has 0 atom stereocenters. The lowest BCUT2D eigenvalue weighted by atomic mass is 10.5. The van der Waals surface area contributed by atoms with Crippen molar-refractivity contribution in [1.29, 1.82) is 0 Å². The van der Waals surface area contributed by atoms with Crippen molar-refractivity contribution in [3.63, 3.8) is 0 Å². The molecule has 6 heteroatoms. The van der Waals surface area contributed by atoms with Gasteiger partial charge in [0.05, 0.1) is 6.33 Å². The standard InChI is InChI=1S/C11H16N6/c1-2-13-11-15-4-3-10(16-11)14-6-8-17-7-5-12-9-17/h3-5,7,9H,2,6,8H2,1H3,(H2,13,14,15,16). The van der Waals surface area contributed by atoms with E-state index in [-0.39, 0.29) is 0 Å². The number of nitrogens with one attached hydrogen (secondary N) is 2. The summed E-state index contributed by atoms with van der Waals surface area (Å²) in [6.07, 6.45) is 7.25. The zero-order valence-corrected chi connectivity index (χ0v) is 9.80. The Morgan fingerprint density at radius 3 is 3.00 bits per heavy atom. The van der Waals surface area contributed by atoms with E-state index in [2.05, 4.69) is 25.6 Å². The van der Waals surface area contributed by atoms with Crippen LogP contribution in [0.25, 0.3) is 0 Å². The summed E-state index contributed by atoms with van der Waals surface area (Å²) in [6.45, 7) is 4.50. The first-order valence-corrected chi connectivity index (χ1v) is 5.65. The Labute approximate surface area is 100 Å². The molecule has 2 aromatic rings. The minimum Gasteiger partial charge on any atom is -0.368 e. The van der Waals surface area contributed by atoms with Crippen LogP contribution in [0.3, 0.4) is 0 Å². The minimum absolute atomic E-state index is 0.653. The molecule has 0 saturated carbocycles. The third-order valence-electron chi connectivity index (χ3n) is 2.23. The lowest BCUT2D eigenvalue weighted by molar-refractivity contribution is 0.725. The summed E-state index contributed by atoms with van der Waals surface area (Å²) in [4.78, 5) is 12.4. The first-order chi connectivity index (χ1) is 8.38. The Kier molecular flexibility index (Phi) is 3.90. The van der Waals surface area contributed by atoms with Gasteiger partial charge in [-0.25, -0.2) is 9.97 Å². The maximum absolute atomic E-state index is 4.32. The van der Waals surface area contributed by atoms with E-state index in [9.17, 15) is 0 Å². The lowest BCUT2D eigenvalue weighted by Crippen LogP contribution is -2.11. The van der Waals surface area contributed by atoms with Crippen molar-refractivity contribution in [2.24, 2.45) is 0 Å². The van der Waals surface area contributed by atoms with E-state index in [1.807, 2.05) is 23.8 Å². The van der Waals surface area contributed by atoms with Gasteiger partial charge in [-0.3, -0.25) is 0 Å². The Morgan fingerprint density at radius 2 is 2.24 bits per heavy atom. The molecule has 0 saturated heterocycles. The van der Waals surface area contributed by atoms with E-state index in [4.69, 9.17) is 0 Å². The summed E-state index contributed by atoms with van der Waals surface area (Å²) in [6, 6.07) is 1.86. The van der Waals surface area contributed by atoms with Gasteiger partial charge in [0.2, 0.25) is 5.95 Å². The van der Waals surface area contributed by atoms with E-state index in [0.717, 1.165) is 25.5 Å². The van der Waals surface area contributed by atoms with Gasteiger partial charge in [0.25, 0.3) is 0 Å². The molecular formula is C11H16N6. The Bertz CT molecular complexity index is 439. The van der Waals surface area contributed by atoms with Crippen molar-refractivity contribution in [2.45, 2.75) is 13.5 Å². The highest BCUT2D eigenvalue weighted by atomic mass is 15.1. The first-order valence-electron chi connectivity index (χ1n) is 5.65. The van der Waals surface area contributed by atoms with Crippen molar-refractivity contribution in [3.05, 3.63) is 31.0 Å². The first kappa shape index (κ1) is 11.4. The third kappa shape index (κ3) is 3.44. The molecule has 0 aliphatic carbocycles. The molecule has 6 nitrogen and oxygen atoms in total. The van der Waals surface area contributed by atoms with Gasteiger partial charge >= 0.3 is 0 Å². The van der Waals surface area contributed by atoms with Crippen LogP contribution in [0.1, 0.15) is 6.92 Å². The molecular weight excluding hydrogens is 216 g/mol. The molecule has 2 N–H and O–H groups in total. The Balaban J connectivity index is 1.84. The highest BCUT2D eigenvalue weighted by Gasteiger charge is 1.97. The highest BCUT2D eigenvalue weighted by molar-refractivity contribution is 5.39. The largest absolute Gasteiger partial charge is 0.368 e. The number of imidazole rings is 1. The molecule has 0 amide bonds. The SMILES string of the molecule is CCNc1nccc(NCCn2ccnc2)n1. The fourth-order valence-electron chi connectivity index (χ4n) is 1.43. The van der Waals surface area contributed by atoms with Crippen LogP contribution in [0.4, 0.5) is 11.8 Å². The van der Waals surface area contributed by atoms with Gasteiger partial charge in [-0.1, -0.05) is 0 Å². The third-order valence-corrected chi connectivity index (χ3v) is 2.23. The quantitative estimate of drug-likeness (QED) is 0.783. The van der Waals surface area contributed by atoms with Gasteiger partial charge < -0.3 is 15.2 Å². The van der Waals surface area contributed by atoms with Crippen molar-refractivity contribution in [3.8, 4) is 0 Å². The fraction of sp³-hybridized carbons (Fsp3) is 0.364. The van der Waals surface area contributed by atoms with Gasteiger partial charge in [-0.15, -0.1) is 0 Å². The van der Waals surface area contributed by atoms with Crippen LogP contribution in [-0.2, 0) is 6.54 Å². The zero-order valence-electron chi connectivity index (χ0n) is 9.80. The minimum atomic E-state index is 0.653. The van der Waals surface area contributed by atoms with Crippen LogP contribution in [-0.4, -0.2) is 32.6 Å². The van der Waals surface area contributed by atoms with Gasteiger partial charge in [0.1, 0.15) is 5.82 Å². The van der Waals surface area contributed by atoms with Crippen molar-refractivity contribution < 1.29 is 0 Å². The molecule has 0 aromatic carbocycles. The summed E-state index contributed by atoms with van der Waals surface area (Å²) < 4.78 is 2.01. The van der Waals surface area contributed by atoms with E-state index in [0.29, 0.717) is 5.95 Å². The molecule has 0 radical (unpaired) electrons. The predicted molar refractivity (Wildman–Crippen MR) is 66.9 cm³/mol. The van der Waals surface area contributed by atoms with E-state index in [1.54, 1.807) is 18.7 Å². The summed E-state index contributed by atoms with van der Waals surface area (Å²) in [5.41, 5.74) is 0. The zero-order chi connectivity index (χ0) is 11.9. The van der Waals surface area contributed by atoms with Crippen LogP contribution >= 0.6 is 0 Å². The maximum Gasteiger partial charge on any atom is 0.224 e. The van der Waals surface area contributed by atoms with Crippen molar-refractivity contribution in [1.82, 2.24) is 19.5 Å². The smallest absolute Gasteiger partial charge is 0.224 e. The summed E-state index contributed by atoms with van der Waals surface area (Å²) >= 11 is 0. The normalized spacial score (nSPS) is 10.2. The number of aromatic nitrogens is 4. The number of hydrogen-bond donors (Lipinski definition) is 2. The number of rotatable bonds is 6. The average molecular weight is 232 g/mol. The second-order valence-electron chi connectivity index (χ2n) is 3.52. The Hall–Kier alpha value is -2.11. The van der Waals surface area contributed by atoms with Crippen LogP contribution < -0.4 is 10.6 Å². The topological polar surface area (TPSA) is 67.7 Å².